The van der Waals surface area contributed by atoms with Crippen molar-refractivity contribution in [1.29, 1.82) is 0 Å². The van der Waals surface area contributed by atoms with Gasteiger partial charge in [-0.15, -0.1) is 0 Å². The number of anilines is 2. The Labute approximate surface area is 268 Å². The van der Waals surface area contributed by atoms with E-state index in [0.29, 0.717) is 33.9 Å². The van der Waals surface area contributed by atoms with Crippen LogP contribution < -0.4 is 9.80 Å². The van der Waals surface area contributed by atoms with Gasteiger partial charge in [0.15, 0.2) is 0 Å². The molecule has 5 rings (SSSR count). The van der Waals surface area contributed by atoms with Gasteiger partial charge >= 0.3 is 11.9 Å². The third kappa shape index (κ3) is 6.89. The molecule has 0 saturated carbocycles. The molecular weight excluding hydrogens is 578 g/mol. The normalized spacial score (nSPS) is 10.9. The third-order valence-corrected chi connectivity index (χ3v) is 8.02. The summed E-state index contributed by atoms with van der Waals surface area (Å²) in [7, 11) is 0. The Morgan fingerprint density at radius 2 is 0.870 bits per heavy atom. The van der Waals surface area contributed by atoms with E-state index in [1.807, 2.05) is 60.7 Å². The highest BCUT2D eigenvalue weighted by Gasteiger charge is 2.16. The minimum absolute atomic E-state index is 0.103. The molecule has 2 aromatic carbocycles. The smallest absolute Gasteiger partial charge is 0.354 e. The van der Waals surface area contributed by atoms with Crippen molar-refractivity contribution < 1.29 is 19.8 Å². The van der Waals surface area contributed by atoms with Gasteiger partial charge in [0.2, 0.25) is 0 Å². The molecule has 0 atom stereocenters. The van der Waals surface area contributed by atoms with Crippen molar-refractivity contribution >= 4 is 23.3 Å². The van der Waals surface area contributed by atoms with Crippen molar-refractivity contribution in [3.05, 3.63) is 102 Å². The zero-order valence-corrected chi connectivity index (χ0v) is 26.4. The molecule has 0 amide bonds. The van der Waals surface area contributed by atoms with Crippen molar-refractivity contribution in [3.63, 3.8) is 0 Å². The molecule has 0 aliphatic heterocycles. The quantitative estimate of drug-likeness (QED) is 0.146. The maximum absolute atomic E-state index is 12.1. The number of rotatable bonds is 12. The maximum Gasteiger partial charge on any atom is 0.354 e. The Kier molecular flexibility index (Phi) is 9.71. The van der Waals surface area contributed by atoms with E-state index in [1.165, 1.54) is 0 Å². The summed E-state index contributed by atoms with van der Waals surface area (Å²) in [6, 6.07) is 28.0. The number of carboxylic acid groups (broad SMARTS) is 2. The Bertz CT molecular complexity index is 1720. The average molecular weight is 616 g/mol. The molecule has 9 nitrogen and oxygen atoms in total. The van der Waals surface area contributed by atoms with Crippen LogP contribution >= 0.6 is 0 Å². The first-order valence-electron chi connectivity index (χ1n) is 15.4. The molecule has 0 spiro atoms. The lowest BCUT2D eigenvalue weighted by atomic mass is 10.0. The average Bonchev–Trinajstić information content (AvgIpc) is 3.09. The second-order valence-corrected chi connectivity index (χ2v) is 10.7. The Morgan fingerprint density at radius 1 is 0.500 bits per heavy atom. The third-order valence-electron chi connectivity index (χ3n) is 8.02. The maximum atomic E-state index is 12.1. The Hall–Kier alpha value is -5.57. The fourth-order valence-corrected chi connectivity index (χ4v) is 5.50. The van der Waals surface area contributed by atoms with Crippen LogP contribution in [0, 0.1) is 0 Å². The highest BCUT2D eigenvalue weighted by Crippen LogP contribution is 2.31. The topological polar surface area (TPSA) is 120 Å². The molecule has 0 radical (unpaired) electrons. The molecule has 2 N–H and O–H groups in total. The Morgan fingerprint density at radius 3 is 1.20 bits per heavy atom. The predicted molar refractivity (Wildman–Crippen MR) is 183 cm³/mol. The molecule has 0 bridgehead atoms. The summed E-state index contributed by atoms with van der Waals surface area (Å²) in [6.07, 6.45) is 0. The molecule has 0 unspecified atom stereocenters. The van der Waals surface area contributed by atoms with Crippen LogP contribution in [0.15, 0.2) is 91.0 Å². The first kappa shape index (κ1) is 31.8. The van der Waals surface area contributed by atoms with E-state index in [0.717, 1.165) is 48.7 Å². The fourth-order valence-electron chi connectivity index (χ4n) is 5.50. The standard InChI is InChI=1S/C37H37N5O4/c1-5-41(6-2)28-16-12-24(13-17-28)26-20-32(39-34(22-26)36(43)44)30-10-9-11-31(38-30)33-21-27(23-35(40-33)37(45)46)25-14-18-29(19-15-25)42(7-3)8-4/h9-23H,5-8H2,1-4H3,(H,43,44)(H,45,46). The van der Waals surface area contributed by atoms with Gasteiger partial charge in [0.25, 0.3) is 0 Å². The molecule has 46 heavy (non-hydrogen) atoms. The van der Waals surface area contributed by atoms with Crippen LogP contribution in [0.3, 0.4) is 0 Å². The largest absolute Gasteiger partial charge is 0.477 e. The first-order valence-corrected chi connectivity index (χ1v) is 15.4. The zero-order valence-electron chi connectivity index (χ0n) is 26.4. The monoisotopic (exact) mass is 615 g/mol. The number of carbonyl (C=O) groups is 2. The molecule has 5 aromatic rings. The SMILES string of the molecule is CCN(CC)c1ccc(-c2cc(C(=O)O)nc(-c3cccc(-c4cc(-c5ccc(N(CC)CC)cc5)cc(C(=O)O)n4)n3)c2)cc1. The first-order chi connectivity index (χ1) is 22.2. The molecule has 0 aliphatic rings. The summed E-state index contributed by atoms with van der Waals surface area (Å²) < 4.78 is 0. The van der Waals surface area contributed by atoms with Gasteiger partial charge in [0.1, 0.15) is 11.4 Å². The number of pyridine rings is 3. The van der Waals surface area contributed by atoms with Gasteiger partial charge < -0.3 is 20.0 Å². The van der Waals surface area contributed by atoms with Crippen molar-refractivity contribution in [2.45, 2.75) is 27.7 Å². The summed E-state index contributed by atoms with van der Waals surface area (Å²) >= 11 is 0. The zero-order chi connectivity index (χ0) is 32.8. The molecule has 3 heterocycles. The van der Waals surface area contributed by atoms with Crippen LogP contribution in [0.25, 0.3) is 45.0 Å². The lowest BCUT2D eigenvalue weighted by Gasteiger charge is -2.21. The van der Waals surface area contributed by atoms with Gasteiger partial charge in [-0.2, -0.15) is 0 Å². The molecule has 234 valence electrons. The number of hydrogen-bond acceptors (Lipinski definition) is 7. The summed E-state index contributed by atoms with van der Waals surface area (Å²) in [5.41, 5.74) is 6.71. The van der Waals surface area contributed by atoms with Gasteiger partial charge in [-0.25, -0.2) is 24.5 Å². The summed E-state index contributed by atoms with van der Waals surface area (Å²) in [5, 5.41) is 19.8. The van der Waals surface area contributed by atoms with Crippen LogP contribution in [0.2, 0.25) is 0 Å². The lowest BCUT2D eigenvalue weighted by Crippen LogP contribution is -2.21. The molecule has 0 fully saturated rings. The van der Waals surface area contributed by atoms with Crippen LogP contribution in [0.1, 0.15) is 48.7 Å². The van der Waals surface area contributed by atoms with Crippen LogP contribution in [0.5, 0.6) is 0 Å². The highest BCUT2D eigenvalue weighted by molar-refractivity contribution is 5.90. The molecule has 0 aliphatic carbocycles. The number of aromatic carboxylic acids is 2. The number of hydrogen-bond donors (Lipinski definition) is 2. The van der Waals surface area contributed by atoms with Crippen molar-refractivity contribution in [3.8, 4) is 45.0 Å². The van der Waals surface area contributed by atoms with Gasteiger partial charge in [0.05, 0.1) is 22.8 Å². The van der Waals surface area contributed by atoms with Gasteiger partial charge in [-0.3, -0.25) is 0 Å². The van der Waals surface area contributed by atoms with E-state index >= 15 is 0 Å². The molecule has 9 heteroatoms. The van der Waals surface area contributed by atoms with Crippen LogP contribution in [-0.4, -0.2) is 63.3 Å². The van der Waals surface area contributed by atoms with Crippen molar-refractivity contribution in [1.82, 2.24) is 15.0 Å². The number of aromatic nitrogens is 3. The lowest BCUT2D eigenvalue weighted by molar-refractivity contribution is 0.0680. The predicted octanol–water partition coefficient (Wildman–Crippen LogP) is 7.63. The summed E-state index contributed by atoms with van der Waals surface area (Å²) in [4.78, 5) is 42.2. The van der Waals surface area contributed by atoms with E-state index in [-0.39, 0.29) is 11.4 Å². The minimum atomic E-state index is -1.15. The van der Waals surface area contributed by atoms with Crippen LogP contribution in [-0.2, 0) is 0 Å². The molecular formula is C37H37N5O4. The van der Waals surface area contributed by atoms with Crippen molar-refractivity contribution in [2.75, 3.05) is 36.0 Å². The molecule has 0 saturated heterocycles. The van der Waals surface area contributed by atoms with Crippen molar-refractivity contribution in [2.24, 2.45) is 0 Å². The van der Waals surface area contributed by atoms with E-state index < -0.39 is 11.9 Å². The second kappa shape index (κ2) is 14.0. The van der Waals surface area contributed by atoms with Gasteiger partial charge in [-0.05, 0) is 111 Å². The van der Waals surface area contributed by atoms with E-state index in [2.05, 4.69) is 47.5 Å². The minimum Gasteiger partial charge on any atom is -0.477 e. The van der Waals surface area contributed by atoms with Crippen LogP contribution in [0.4, 0.5) is 11.4 Å². The van der Waals surface area contributed by atoms with E-state index in [1.54, 1.807) is 30.3 Å². The summed E-state index contributed by atoms with van der Waals surface area (Å²) in [6.45, 7) is 11.9. The fraction of sp³-hybridized carbons (Fsp3) is 0.216. The Balaban J connectivity index is 1.55. The number of carboxylic acids is 2. The van der Waals surface area contributed by atoms with E-state index in [4.69, 9.17) is 4.98 Å². The summed E-state index contributed by atoms with van der Waals surface area (Å²) in [5.74, 6) is -2.29. The number of benzene rings is 2. The van der Waals surface area contributed by atoms with E-state index in [9.17, 15) is 19.8 Å². The van der Waals surface area contributed by atoms with Gasteiger partial charge in [0, 0.05) is 37.6 Å². The molecule has 3 aromatic heterocycles. The second-order valence-electron chi connectivity index (χ2n) is 10.7. The van der Waals surface area contributed by atoms with Gasteiger partial charge in [-0.1, -0.05) is 30.3 Å². The highest BCUT2D eigenvalue weighted by atomic mass is 16.4. The number of nitrogens with zero attached hydrogens (tertiary/aromatic N) is 5.